The van der Waals surface area contributed by atoms with Gasteiger partial charge in [0.05, 0.1) is 0 Å². The minimum absolute atomic E-state index is 0.0441. The van der Waals surface area contributed by atoms with Crippen LogP contribution in [0.1, 0.15) is 31.2 Å². The van der Waals surface area contributed by atoms with Crippen molar-refractivity contribution in [3.63, 3.8) is 0 Å². The van der Waals surface area contributed by atoms with Gasteiger partial charge >= 0.3 is 0 Å². The minimum atomic E-state index is 0.0441. The number of hydrogen-bond acceptors (Lipinski definition) is 2. The molecule has 1 aliphatic rings. The zero-order chi connectivity index (χ0) is 14.0. The molecule has 2 rings (SSSR count). The van der Waals surface area contributed by atoms with Gasteiger partial charge in [0, 0.05) is 28.5 Å². The first-order chi connectivity index (χ1) is 8.97. The van der Waals surface area contributed by atoms with E-state index in [0.29, 0.717) is 16.6 Å². The second-order valence-electron chi connectivity index (χ2n) is 5.21. The summed E-state index contributed by atoms with van der Waals surface area (Å²) in [4.78, 5) is 11.9. The molecule has 0 aromatic heterocycles. The standard InChI is InChI=1S/C14H18Cl2N2O/c1-8(17)2-3-18-14(19)13-7-12(13)9-4-10(15)6-11(16)5-9/h4-6,8,12-13H,2-3,7,17H2,1H3,(H,18,19). The Labute approximate surface area is 123 Å². The van der Waals surface area contributed by atoms with Gasteiger partial charge in [-0.1, -0.05) is 23.2 Å². The summed E-state index contributed by atoms with van der Waals surface area (Å²) in [5, 5.41) is 4.15. The Morgan fingerprint density at radius 2 is 2.05 bits per heavy atom. The molecule has 19 heavy (non-hydrogen) atoms. The molecule has 0 heterocycles. The van der Waals surface area contributed by atoms with Crippen LogP contribution in [-0.2, 0) is 4.79 Å². The van der Waals surface area contributed by atoms with Gasteiger partial charge in [-0.3, -0.25) is 4.79 Å². The Hall–Kier alpha value is -0.770. The maximum atomic E-state index is 11.9. The monoisotopic (exact) mass is 300 g/mol. The fraction of sp³-hybridized carbons (Fsp3) is 0.500. The second-order valence-corrected chi connectivity index (χ2v) is 6.08. The lowest BCUT2D eigenvalue weighted by Gasteiger charge is -2.07. The van der Waals surface area contributed by atoms with Gasteiger partial charge in [-0.2, -0.15) is 0 Å². The third-order valence-electron chi connectivity index (χ3n) is 3.34. The van der Waals surface area contributed by atoms with Crippen molar-refractivity contribution in [2.75, 3.05) is 6.54 Å². The summed E-state index contributed by atoms with van der Waals surface area (Å²) in [6.07, 6.45) is 1.66. The molecular formula is C14H18Cl2N2O. The molecule has 0 bridgehead atoms. The zero-order valence-electron chi connectivity index (χ0n) is 10.8. The summed E-state index contributed by atoms with van der Waals surface area (Å²) in [5.74, 6) is 0.385. The largest absolute Gasteiger partial charge is 0.356 e. The van der Waals surface area contributed by atoms with Crippen molar-refractivity contribution >= 4 is 29.1 Å². The van der Waals surface area contributed by atoms with Crippen molar-refractivity contribution in [1.82, 2.24) is 5.32 Å². The summed E-state index contributed by atoms with van der Waals surface area (Å²) in [6.45, 7) is 2.57. The molecule has 1 amide bonds. The van der Waals surface area contributed by atoms with Gasteiger partial charge in [0.15, 0.2) is 0 Å². The predicted octanol–water partition coefficient (Wildman–Crippen LogP) is 2.95. The fourth-order valence-electron chi connectivity index (χ4n) is 2.20. The van der Waals surface area contributed by atoms with E-state index >= 15 is 0 Å². The first-order valence-corrected chi connectivity index (χ1v) is 7.22. The molecule has 1 saturated carbocycles. The molecule has 3 N–H and O–H groups in total. The van der Waals surface area contributed by atoms with E-state index in [2.05, 4.69) is 5.32 Å². The predicted molar refractivity (Wildman–Crippen MR) is 78.6 cm³/mol. The Bertz CT molecular complexity index is 456. The Morgan fingerprint density at radius 3 is 2.63 bits per heavy atom. The van der Waals surface area contributed by atoms with E-state index < -0.39 is 0 Å². The third kappa shape index (κ3) is 4.10. The molecule has 3 nitrogen and oxygen atoms in total. The molecule has 104 valence electrons. The quantitative estimate of drug-likeness (QED) is 0.878. The molecule has 3 unspecified atom stereocenters. The highest BCUT2D eigenvalue weighted by atomic mass is 35.5. The van der Waals surface area contributed by atoms with Gasteiger partial charge in [0.2, 0.25) is 5.91 Å². The van der Waals surface area contributed by atoms with Crippen molar-refractivity contribution in [2.45, 2.75) is 31.7 Å². The van der Waals surface area contributed by atoms with Crippen LogP contribution in [-0.4, -0.2) is 18.5 Å². The van der Waals surface area contributed by atoms with E-state index in [-0.39, 0.29) is 23.8 Å². The lowest BCUT2D eigenvalue weighted by atomic mass is 10.1. The number of nitrogens with two attached hydrogens (primary N) is 1. The molecule has 0 spiro atoms. The number of halogens is 2. The molecule has 0 saturated heterocycles. The van der Waals surface area contributed by atoms with Gasteiger partial charge in [-0.25, -0.2) is 0 Å². The summed E-state index contributed by atoms with van der Waals surface area (Å²) >= 11 is 11.9. The maximum Gasteiger partial charge on any atom is 0.223 e. The number of nitrogens with one attached hydrogen (secondary N) is 1. The average molecular weight is 301 g/mol. The SMILES string of the molecule is CC(N)CCNC(=O)C1CC1c1cc(Cl)cc(Cl)c1. The van der Waals surface area contributed by atoms with Crippen LogP contribution in [0.5, 0.6) is 0 Å². The number of carbonyl (C=O) groups excluding carboxylic acids is 1. The molecule has 3 atom stereocenters. The minimum Gasteiger partial charge on any atom is -0.356 e. The highest BCUT2D eigenvalue weighted by Gasteiger charge is 2.43. The van der Waals surface area contributed by atoms with E-state index in [4.69, 9.17) is 28.9 Å². The zero-order valence-corrected chi connectivity index (χ0v) is 12.3. The molecule has 1 aromatic rings. The first kappa shape index (κ1) is 14.6. The summed E-state index contributed by atoms with van der Waals surface area (Å²) < 4.78 is 0. The van der Waals surface area contributed by atoms with E-state index in [9.17, 15) is 4.79 Å². The van der Waals surface area contributed by atoms with E-state index in [0.717, 1.165) is 18.4 Å². The van der Waals surface area contributed by atoms with Gasteiger partial charge in [-0.05, 0) is 49.4 Å². The van der Waals surface area contributed by atoms with Crippen LogP contribution in [0.15, 0.2) is 18.2 Å². The van der Waals surface area contributed by atoms with Gasteiger partial charge in [0.1, 0.15) is 0 Å². The third-order valence-corrected chi connectivity index (χ3v) is 3.78. The molecule has 1 fully saturated rings. The maximum absolute atomic E-state index is 11.9. The lowest BCUT2D eigenvalue weighted by Crippen LogP contribution is -2.30. The van der Waals surface area contributed by atoms with E-state index in [1.165, 1.54) is 0 Å². The normalized spacial score (nSPS) is 22.9. The van der Waals surface area contributed by atoms with Crippen molar-refractivity contribution < 1.29 is 4.79 Å². The Balaban J connectivity index is 1.88. The average Bonchev–Trinajstić information content (AvgIpc) is 3.06. The van der Waals surface area contributed by atoms with E-state index in [1.54, 1.807) is 6.07 Å². The number of hydrogen-bond donors (Lipinski definition) is 2. The highest BCUT2D eigenvalue weighted by Crippen LogP contribution is 2.48. The molecule has 1 aliphatic carbocycles. The smallest absolute Gasteiger partial charge is 0.223 e. The highest BCUT2D eigenvalue weighted by molar-refractivity contribution is 6.34. The number of benzene rings is 1. The lowest BCUT2D eigenvalue weighted by molar-refractivity contribution is -0.122. The molecule has 1 aromatic carbocycles. The fourth-order valence-corrected chi connectivity index (χ4v) is 2.74. The van der Waals surface area contributed by atoms with Crippen LogP contribution in [0.4, 0.5) is 0 Å². The molecular weight excluding hydrogens is 283 g/mol. The Morgan fingerprint density at radius 1 is 1.42 bits per heavy atom. The number of rotatable bonds is 5. The van der Waals surface area contributed by atoms with Crippen molar-refractivity contribution in [2.24, 2.45) is 11.7 Å². The summed E-state index contributed by atoms with van der Waals surface area (Å²) in [7, 11) is 0. The van der Waals surface area contributed by atoms with Crippen molar-refractivity contribution in [3.8, 4) is 0 Å². The first-order valence-electron chi connectivity index (χ1n) is 6.46. The van der Waals surface area contributed by atoms with Crippen LogP contribution in [0.3, 0.4) is 0 Å². The van der Waals surface area contributed by atoms with Crippen LogP contribution >= 0.6 is 23.2 Å². The van der Waals surface area contributed by atoms with Gasteiger partial charge in [0.25, 0.3) is 0 Å². The number of carbonyl (C=O) groups is 1. The van der Waals surface area contributed by atoms with Crippen molar-refractivity contribution in [3.05, 3.63) is 33.8 Å². The van der Waals surface area contributed by atoms with Crippen molar-refractivity contribution in [1.29, 1.82) is 0 Å². The summed E-state index contributed by atoms with van der Waals surface area (Å²) in [5.41, 5.74) is 6.69. The van der Waals surface area contributed by atoms with Crippen LogP contribution in [0, 0.1) is 5.92 Å². The molecule has 0 radical (unpaired) electrons. The topological polar surface area (TPSA) is 55.1 Å². The Kier molecular flexibility index (Phi) is 4.71. The second kappa shape index (κ2) is 6.12. The van der Waals surface area contributed by atoms with Gasteiger partial charge < -0.3 is 11.1 Å². The van der Waals surface area contributed by atoms with Crippen LogP contribution in [0.2, 0.25) is 10.0 Å². The molecule has 5 heteroatoms. The molecule has 0 aliphatic heterocycles. The van der Waals surface area contributed by atoms with Crippen LogP contribution in [0.25, 0.3) is 0 Å². The van der Waals surface area contributed by atoms with Gasteiger partial charge in [-0.15, -0.1) is 0 Å². The summed E-state index contributed by atoms with van der Waals surface area (Å²) in [6, 6.07) is 5.58. The number of amides is 1. The van der Waals surface area contributed by atoms with E-state index in [1.807, 2.05) is 19.1 Å². The van der Waals surface area contributed by atoms with Crippen LogP contribution < -0.4 is 11.1 Å².